The van der Waals surface area contributed by atoms with Gasteiger partial charge in [-0.2, -0.15) is 0 Å². The highest BCUT2D eigenvalue weighted by Gasteiger charge is 2.47. The highest BCUT2D eigenvalue weighted by molar-refractivity contribution is 6.31. The minimum absolute atomic E-state index is 0.0124. The molecule has 1 aliphatic rings. The second-order valence-electron chi connectivity index (χ2n) is 8.36. The fourth-order valence-electron chi connectivity index (χ4n) is 3.83. The zero-order valence-electron chi connectivity index (χ0n) is 17.3. The van der Waals surface area contributed by atoms with E-state index >= 15 is 0 Å². The van der Waals surface area contributed by atoms with Gasteiger partial charge in [-0.1, -0.05) is 42.8 Å². The number of Topliss-reactive ketones (excluding diaryl/α,β-unsaturated/α-hetero) is 1. The molecule has 1 N–H and O–H groups in total. The molecule has 1 heterocycles. The summed E-state index contributed by atoms with van der Waals surface area (Å²) in [6.07, 6.45) is 0.738. The first-order chi connectivity index (χ1) is 13.0. The highest BCUT2D eigenvalue weighted by atomic mass is 35.5. The van der Waals surface area contributed by atoms with Crippen LogP contribution in [0, 0.1) is 6.92 Å². The molecule has 2 aromatic rings. The minimum Gasteiger partial charge on any atom is -0.508 e. The molecule has 0 aliphatic carbocycles. The lowest BCUT2D eigenvalue weighted by Crippen LogP contribution is -2.49. The molecule has 0 unspecified atom stereocenters. The number of ketones is 1. The first-order valence-electron chi connectivity index (χ1n) is 9.56. The molecule has 0 radical (unpaired) electrons. The predicted molar refractivity (Wildman–Crippen MR) is 115 cm³/mol. The summed E-state index contributed by atoms with van der Waals surface area (Å²) in [7, 11) is 0. The number of aliphatic hydroxyl groups excluding tert-OH is 1. The van der Waals surface area contributed by atoms with Gasteiger partial charge in [-0.3, -0.25) is 4.79 Å². The first kappa shape index (κ1) is 20.6. The third-order valence-corrected chi connectivity index (χ3v) is 5.76. The van der Waals surface area contributed by atoms with Crippen molar-refractivity contribution in [3.8, 4) is 11.1 Å². The molecule has 3 rings (SSSR count). The lowest BCUT2D eigenvalue weighted by Gasteiger charge is -2.40. The molecular weight excluding hydrogens is 372 g/mol. The number of hydrogen-bond donors (Lipinski definition) is 1. The summed E-state index contributed by atoms with van der Waals surface area (Å²) < 4.78 is 5.86. The van der Waals surface area contributed by atoms with E-state index in [1.165, 1.54) is 0 Å². The van der Waals surface area contributed by atoms with E-state index in [-0.39, 0.29) is 11.5 Å². The zero-order valence-corrected chi connectivity index (χ0v) is 18.1. The van der Waals surface area contributed by atoms with Crippen LogP contribution in [0.1, 0.15) is 51.3 Å². The van der Waals surface area contributed by atoms with Gasteiger partial charge in [-0.25, -0.2) is 0 Å². The van der Waals surface area contributed by atoms with Gasteiger partial charge in [0.1, 0.15) is 17.0 Å². The van der Waals surface area contributed by atoms with Crippen molar-refractivity contribution in [2.24, 2.45) is 0 Å². The number of benzene rings is 2. The van der Waals surface area contributed by atoms with Crippen LogP contribution in [-0.4, -0.2) is 22.1 Å². The van der Waals surface area contributed by atoms with Crippen molar-refractivity contribution in [1.29, 1.82) is 0 Å². The molecule has 0 amide bonds. The molecule has 148 valence electrons. The van der Waals surface area contributed by atoms with E-state index in [0.29, 0.717) is 5.57 Å². The van der Waals surface area contributed by atoms with Crippen molar-refractivity contribution in [1.82, 2.24) is 0 Å². The van der Waals surface area contributed by atoms with Crippen LogP contribution in [0.4, 0.5) is 0 Å². The van der Waals surface area contributed by atoms with E-state index in [4.69, 9.17) is 16.3 Å². The van der Waals surface area contributed by atoms with Crippen LogP contribution in [0.5, 0.6) is 0 Å². The topological polar surface area (TPSA) is 46.5 Å². The van der Waals surface area contributed by atoms with Crippen molar-refractivity contribution >= 4 is 23.0 Å². The Labute approximate surface area is 172 Å². The van der Waals surface area contributed by atoms with Crippen molar-refractivity contribution in [3.63, 3.8) is 0 Å². The molecule has 28 heavy (non-hydrogen) atoms. The van der Waals surface area contributed by atoms with Gasteiger partial charge in [0.25, 0.3) is 0 Å². The third kappa shape index (κ3) is 3.49. The van der Waals surface area contributed by atoms with E-state index < -0.39 is 11.2 Å². The second kappa shape index (κ2) is 7.06. The number of halogens is 1. The van der Waals surface area contributed by atoms with Gasteiger partial charge in [0.2, 0.25) is 0 Å². The number of ether oxygens (including phenoxy) is 1. The summed E-state index contributed by atoms with van der Waals surface area (Å²) in [5.41, 5.74) is 3.35. The van der Waals surface area contributed by atoms with E-state index in [9.17, 15) is 9.90 Å². The number of rotatable bonds is 3. The van der Waals surface area contributed by atoms with Crippen molar-refractivity contribution in [2.45, 2.75) is 59.2 Å². The van der Waals surface area contributed by atoms with Crippen LogP contribution in [-0.2, 0) is 16.0 Å². The average Bonchev–Trinajstić information content (AvgIpc) is 2.62. The lowest BCUT2D eigenvalue weighted by molar-refractivity contribution is -0.158. The molecule has 0 fully saturated rings. The summed E-state index contributed by atoms with van der Waals surface area (Å²) >= 11 is 6.16. The van der Waals surface area contributed by atoms with E-state index in [1.54, 1.807) is 27.7 Å². The maximum absolute atomic E-state index is 13.1. The maximum Gasteiger partial charge on any atom is 0.198 e. The lowest BCUT2D eigenvalue weighted by atomic mass is 9.81. The standard InChI is InChI=1S/C24H27ClO3/c1-7-15-13-17(16-9-11-19(25)14(2)12-16)8-10-18(15)20-21(26)23(3,4)28-24(5,6)22(20)27/h8-13,26H,7H2,1-6H3. The van der Waals surface area contributed by atoms with E-state index in [2.05, 4.69) is 12.1 Å². The van der Waals surface area contributed by atoms with Crippen molar-refractivity contribution < 1.29 is 14.6 Å². The smallest absolute Gasteiger partial charge is 0.198 e. The molecule has 2 aromatic carbocycles. The van der Waals surface area contributed by atoms with Crippen LogP contribution in [0.3, 0.4) is 0 Å². The van der Waals surface area contributed by atoms with Crippen molar-refractivity contribution in [3.05, 3.63) is 63.9 Å². The monoisotopic (exact) mass is 398 g/mol. The normalized spacial score (nSPS) is 18.5. The fraction of sp³-hybridized carbons (Fsp3) is 0.375. The van der Waals surface area contributed by atoms with Gasteiger partial charge in [0.15, 0.2) is 5.78 Å². The Morgan fingerprint density at radius 1 is 1.00 bits per heavy atom. The second-order valence-corrected chi connectivity index (χ2v) is 8.77. The largest absolute Gasteiger partial charge is 0.508 e. The Morgan fingerprint density at radius 3 is 2.21 bits per heavy atom. The van der Waals surface area contributed by atoms with Gasteiger partial charge in [0.05, 0.1) is 5.57 Å². The summed E-state index contributed by atoms with van der Waals surface area (Å²) in [5, 5.41) is 11.6. The summed E-state index contributed by atoms with van der Waals surface area (Å²) in [6, 6.07) is 11.9. The molecular formula is C24H27ClO3. The number of carbonyl (C=O) groups excluding carboxylic acids is 1. The van der Waals surface area contributed by atoms with Crippen LogP contribution < -0.4 is 0 Å². The Balaban J connectivity index is 2.17. The van der Waals surface area contributed by atoms with Crippen LogP contribution in [0.15, 0.2) is 42.2 Å². The molecule has 0 bridgehead atoms. The summed E-state index contributed by atoms with van der Waals surface area (Å²) in [5.74, 6) is -0.212. The minimum atomic E-state index is -0.998. The summed E-state index contributed by atoms with van der Waals surface area (Å²) in [4.78, 5) is 13.1. The molecule has 0 saturated carbocycles. The maximum atomic E-state index is 13.1. The van der Waals surface area contributed by atoms with Gasteiger partial charge < -0.3 is 9.84 Å². The number of aryl methyl sites for hydroxylation is 2. The molecule has 0 spiro atoms. The number of aliphatic hydroxyl groups is 1. The van der Waals surface area contributed by atoms with Crippen LogP contribution in [0.25, 0.3) is 16.7 Å². The van der Waals surface area contributed by atoms with Gasteiger partial charge in [0, 0.05) is 5.02 Å². The Morgan fingerprint density at radius 2 is 1.61 bits per heavy atom. The molecule has 3 nitrogen and oxygen atoms in total. The zero-order chi connectivity index (χ0) is 20.9. The van der Waals surface area contributed by atoms with Crippen LogP contribution in [0.2, 0.25) is 5.02 Å². The Hall–Kier alpha value is -2.10. The number of carbonyl (C=O) groups is 1. The summed E-state index contributed by atoms with van der Waals surface area (Å²) in [6.45, 7) is 11.1. The number of hydrogen-bond acceptors (Lipinski definition) is 3. The quantitative estimate of drug-likeness (QED) is 0.659. The van der Waals surface area contributed by atoms with E-state index in [1.807, 2.05) is 38.1 Å². The van der Waals surface area contributed by atoms with Gasteiger partial charge in [-0.05, 0) is 81.0 Å². The predicted octanol–water partition coefficient (Wildman–Crippen LogP) is 6.30. The average molecular weight is 399 g/mol. The van der Waals surface area contributed by atoms with Crippen molar-refractivity contribution in [2.75, 3.05) is 0 Å². The van der Waals surface area contributed by atoms with Crippen LogP contribution >= 0.6 is 11.6 Å². The fourth-order valence-corrected chi connectivity index (χ4v) is 3.94. The first-order valence-corrected chi connectivity index (χ1v) is 9.94. The highest BCUT2D eigenvalue weighted by Crippen LogP contribution is 2.41. The molecule has 0 atom stereocenters. The van der Waals surface area contributed by atoms with Gasteiger partial charge in [-0.15, -0.1) is 0 Å². The third-order valence-electron chi connectivity index (χ3n) is 5.34. The molecule has 0 saturated heterocycles. The Kier molecular flexibility index (Phi) is 5.20. The molecule has 4 heteroatoms. The van der Waals surface area contributed by atoms with E-state index in [0.717, 1.165) is 39.3 Å². The molecule has 1 aliphatic heterocycles. The SMILES string of the molecule is CCc1cc(-c2ccc(Cl)c(C)c2)ccc1C1=C(O)C(C)(C)OC(C)(C)C1=O. The Bertz CT molecular complexity index is 983. The molecule has 0 aromatic heterocycles. The van der Waals surface area contributed by atoms with Gasteiger partial charge >= 0.3 is 0 Å².